The second-order valence-electron chi connectivity index (χ2n) is 12.0. The summed E-state index contributed by atoms with van der Waals surface area (Å²) >= 11 is 0. The number of likely N-dealkylation sites (tertiary alicyclic amines) is 1. The van der Waals surface area contributed by atoms with Crippen molar-refractivity contribution < 1.29 is 41.4 Å². The van der Waals surface area contributed by atoms with E-state index in [0.29, 0.717) is 43.8 Å². The van der Waals surface area contributed by atoms with Gasteiger partial charge >= 0.3 is 18.2 Å². The Kier molecular flexibility index (Phi) is 10.7. The van der Waals surface area contributed by atoms with E-state index in [0.717, 1.165) is 30.7 Å². The lowest BCUT2D eigenvalue weighted by atomic mass is 9.81. The highest BCUT2D eigenvalue weighted by atomic mass is 19.4. The van der Waals surface area contributed by atoms with Gasteiger partial charge in [0.15, 0.2) is 0 Å². The molecule has 3 fully saturated rings. The Morgan fingerprint density at radius 2 is 1.84 bits per heavy atom. The number of piperidine rings is 1. The number of aliphatic carboxylic acids is 1. The van der Waals surface area contributed by atoms with Gasteiger partial charge in [0.1, 0.15) is 29.1 Å². The summed E-state index contributed by atoms with van der Waals surface area (Å²) in [5, 5.41) is 10.1. The fourth-order valence-corrected chi connectivity index (χ4v) is 6.23. The first-order chi connectivity index (χ1) is 21.2. The number of benzene rings is 2. The highest BCUT2D eigenvalue weighted by molar-refractivity contribution is 6.19. The summed E-state index contributed by atoms with van der Waals surface area (Å²) in [6.45, 7) is 7.63. The fourth-order valence-electron chi connectivity index (χ4n) is 6.23. The van der Waals surface area contributed by atoms with Gasteiger partial charge in [-0.05, 0) is 82.3 Å². The van der Waals surface area contributed by atoms with Gasteiger partial charge in [-0.3, -0.25) is 20.1 Å². The zero-order valence-corrected chi connectivity index (χ0v) is 25.5. The zero-order chi connectivity index (χ0) is 32.9. The van der Waals surface area contributed by atoms with Crippen molar-refractivity contribution in [2.45, 2.75) is 102 Å². The van der Waals surface area contributed by atoms with E-state index in [2.05, 4.69) is 29.3 Å². The fraction of sp³-hybridized carbons (Fsp3) is 0.531. The number of nitrogens with zero attached hydrogens (tertiary/aromatic N) is 3. The average molecular weight is 639 g/mol. The van der Waals surface area contributed by atoms with E-state index in [1.807, 2.05) is 26.0 Å². The van der Waals surface area contributed by atoms with E-state index >= 15 is 0 Å². The van der Waals surface area contributed by atoms with Crippen molar-refractivity contribution in [2.75, 3.05) is 11.4 Å². The molecule has 2 saturated heterocycles. The first-order valence-electron chi connectivity index (χ1n) is 15.1. The minimum absolute atomic E-state index is 0.0971. The van der Waals surface area contributed by atoms with Crippen LogP contribution in [0.5, 0.6) is 5.75 Å². The highest BCUT2D eigenvalue weighted by Gasteiger charge is 2.55. The summed E-state index contributed by atoms with van der Waals surface area (Å²) in [4.78, 5) is 31.2. The lowest BCUT2D eigenvalue weighted by molar-refractivity contribution is -0.192. The van der Waals surface area contributed by atoms with Gasteiger partial charge in [-0.15, -0.1) is 0 Å². The van der Waals surface area contributed by atoms with Crippen molar-refractivity contribution in [2.24, 2.45) is 4.99 Å². The topological polar surface area (TPSA) is 94.5 Å². The van der Waals surface area contributed by atoms with Gasteiger partial charge in [0.25, 0.3) is 0 Å². The second-order valence-corrected chi connectivity index (χ2v) is 12.0. The van der Waals surface area contributed by atoms with Crippen LogP contribution in [0.2, 0.25) is 0 Å². The number of urea groups is 1. The Morgan fingerprint density at radius 3 is 2.47 bits per heavy atom. The molecule has 1 aliphatic carbocycles. The number of carboxylic acids is 1. The van der Waals surface area contributed by atoms with Crippen LogP contribution >= 0.6 is 0 Å². The Morgan fingerprint density at radius 1 is 1.16 bits per heavy atom. The lowest BCUT2D eigenvalue weighted by Gasteiger charge is -2.47. The summed E-state index contributed by atoms with van der Waals surface area (Å²) in [5.41, 5.74) is 0.873. The number of aliphatic imine (C=N–C) groups is 1. The van der Waals surface area contributed by atoms with Crippen molar-refractivity contribution in [3.8, 4) is 5.75 Å². The van der Waals surface area contributed by atoms with E-state index < -0.39 is 35.7 Å². The van der Waals surface area contributed by atoms with Crippen LogP contribution in [0.4, 0.5) is 32.4 Å². The molecule has 0 aromatic heterocycles. The van der Waals surface area contributed by atoms with Crippen molar-refractivity contribution >= 4 is 23.5 Å². The molecule has 2 aromatic carbocycles. The van der Waals surface area contributed by atoms with E-state index in [1.165, 1.54) is 12.1 Å². The first-order valence-corrected chi connectivity index (χ1v) is 15.1. The third kappa shape index (κ3) is 8.30. The molecule has 5 rings (SSSR count). The number of carboxylic acid groups (broad SMARTS) is 1. The molecule has 0 bridgehead atoms. The predicted molar refractivity (Wildman–Crippen MR) is 160 cm³/mol. The third-order valence-electron chi connectivity index (χ3n) is 8.27. The molecule has 2 heterocycles. The van der Waals surface area contributed by atoms with Crippen molar-refractivity contribution in [3.63, 3.8) is 0 Å². The van der Waals surface area contributed by atoms with Crippen LogP contribution < -0.4 is 15.0 Å². The number of nitrogens with one attached hydrogen (secondary N) is 1. The van der Waals surface area contributed by atoms with Crippen LogP contribution in [-0.2, 0) is 11.3 Å². The van der Waals surface area contributed by atoms with Crippen LogP contribution in [0.25, 0.3) is 0 Å². The van der Waals surface area contributed by atoms with Gasteiger partial charge in [0.05, 0.1) is 12.1 Å². The first kappa shape index (κ1) is 34.1. The number of alkyl halides is 4. The monoisotopic (exact) mass is 638 g/mol. The highest BCUT2D eigenvalue weighted by Crippen LogP contribution is 2.41. The molecule has 13 heteroatoms. The number of carbonyl (C=O) groups excluding carboxylic acids is 1. The zero-order valence-electron chi connectivity index (χ0n) is 25.5. The average Bonchev–Trinajstić information content (AvgIpc) is 3.20. The molecule has 1 unspecified atom stereocenters. The third-order valence-corrected chi connectivity index (χ3v) is 8.27. The number of rotatable bonds is 6. The van der Waals surface area contributed by atoms with Crippen molar-refractivity contribution in [1.29, 1.82) is 0 Å². The minimum Gasteiger partial charge on any atom is -0.491 e. The van der Waals surface area contributed by atoms with Gasteiger partial charge in [0.2, 0.25) is 0 Å². The van der Waals surface area contributed by atoms with Gasteiger partial charge in [0, 0.05) is 24.8 Å². The lowest BCUT2D eigenvalue weighted by Crippen LogP contribution is -2.59. The summed E-state index contributed by atoms with van der Waals surface area (Å²) in [6, 6.07) is 13.6. The molecule has 2 N–H and O–H groups in total. The van der Waals surface area contributed by atoms with E-state index in [9.17, 15) is 26.7 Å². The Bertz CT molecular complexity index is 1390. The molecule has 1 saturated carbocycles. The van der Waals surface area contributed by atoms with E-state index in [-0.39, 0.29) is 18.2 Å². The number of amides is 2. The van der Waals surface area contributed by atoms with Crippen LogP contribution in [0.1, 0.15) is 64.9 Å². The molecule has 8 nitrogen and oxygen atoms in total. The van der Waals surface area contributed by atoms with E-state index in [1.54, 1.807) is 17.0 Å². The normalized spacial score (nSPS) is 26.5. The maximum absolute atomic E-state index is 14.8. The molecule has 2 amide bonds. The summed E-state index contributed by atoms with van der Waals surface area (Å²) < 4.78 is 66.7. The van der Waals surface area contributed by atoms with Crippen molar-refractivity contribution in [3.05, 3.63) is 59.9 Å². The molecule has 1 spiro atoms. The molecule has 2 aliphatic heterocycles. The Balaban J connectivity index is 0.000000591. The standard InChI is InChI=1S/C30H38F2N4O2.C2HF3O2/c1-20(2)38-25-11-6-8-22(16-25)19-35-15-14-30(18-21(35)3)28(33-27-13-5-4-12-26(27)32)34-29(37)36(30)24-10-7-9-23(31)17-24;3-2(4,5)1(6)7/h6-11,16-17,20-21,26-27H,4-5,12-15,18-19H2,1-3H3,(H,33,34,37);(H,6,7)/t21-,26-,27-,30?;/m0./s1. The molecular weight excluding hydrogens is 599 g/mol. The Hall–Kier alpha value is -3.74. The maximum Gasteiger partial charge on any atom is 0.490 e. The predicted octanol–water partition coefficient (Wildman–Crippen LogP) is 6.88. The van der Waals surface area contributed by atoms with Crippen LogP contribution in [0.3, 0.4) is 0 Å². The molecule has 2 aromatic rings. The van der Waals surface area contributed by atoms with Gasteiger partial charge in [-0.25, -0.2) is 18.4 Å². The SMILES string of the molecule is CC(C)Oc1cccc(CN2CCC3(C[C@@H]2C)C(=N[C@H]2CCCC[C@@H]2F)NC(=O)N3c2cccc(F)c2)c1.O=C(O)C(F)(F)F. The second kappa shape index (κ2) is 14.1. The van der Waals surface area contributed by atoms with Gasteiger partial charge in [-0.2, -0.15) is 13.2 Å². The molecule has 4 atom stereocenters. The number of ether oxygens (including phenoxy) is 1. The smallest absolute Gasteiger partial charge is 0.490 e. The Labute approximate surface area is 259 Å². The largest absolute Gasteiger partial charge is 0.491 e. The van der Waals surface area contributed by atoms with E-state index in [4.69, 9.17) is 19.6 Å². The van der Waals surface area contributed by atoms with Crippen LogP contribution in [-0.4, -0.2) is 70.5 Å². The summed E-state index contributed by atoms with van der Waals surface area (Å²) in [5.74, 6) is -1.78. The number of amidine groups is 1. The number of hydrogen-bond donors (Lipinski definition) is 2. The molecular formula is C32H39F5N4O4. The molecule has 0 radical (unpaired) electrons. The van der Waals surface area contributed by atoms with Gasteiger partial charge in [-0.1, -0.05) is 31.0 Å². The van der Waals surface area contributed by atoms with Gasteiger partial charge < -0.3 is 9.84 Å². The maximum atomic E-state index is 14.8. The number of carbonyl (C=O) groups is 2. The van der Waals surface area contributed by atoms with Crippen molar-refractivity contribution in [1.82, 2.24) is 10.2 Å². The number of hydrogen-bond acceptors (Lipinski definition) is 5. The van der Waals surface area contributed by atoms with Crippen LogP contribution in [0.15, 0.2) is 53.5 Å². The summed E-state index contributed by atoms with van der Waals surface area (Å²) in [7, 11) is 0. The van der Waals surface area contributed by atoms with Crippen LogP contribution in [0, 0.1) is 5.82 Å². The molecule has 45 heavy (non-hydrogen) atoms. The summed E-state index contributed by atoms with van der Waals surface area (Å²) in [6.07, 6.45) is -1.81. The molecule has 246 valence electrons. The number of halogens is 5. The quantitative estimate of drug-likeness (QED) is 0.337. The molecule has 3 aliphatic rings. The number of anilines is 1. The minimum atomic E-state index is -5.08.